The van der Waals surface area contributed by atoms with Gasteiger partial charge < -0.3 is 5.32 Å². The van der Waals surface area contributed by atoms with Gasteiger partial charge in [0, 0.05) is 14.6 Å². The van der Waals surface area contributed by atoms with Crippen molar-refractivity contribution in [3.8, 4) is 0 Å². The van der Waals surface area contributed by atoms with E-state index < -0.39 is 0 Å². The lowest BCUT2D eigenvalue weighted by Gasteiger charge is -2.14. The first kappa shape index (κ1) is 14.1. The highest BCUT2D eigenvalue weighted by molar-refractivity contribution is 9.11. The Balaban J connectivity index is 1.95. The van der Waals surface area contributed by atoms with E-state index in [1.54, 1.807) is 21.8 Å². The predicted molar refractivity (Wildman–Crippen MR) is 88.9 cm³/mol. The van der Waals surface area contributed by atoms with Crippen LogP contribution in [-0.2, 0) is 12.8 Å². The van der Waals surface area contributed by atoms with Crippen molar-refractivity contribution in [2.24, 2.45) is 0 Å². The molecule has 1 atom stereocenters. The SMILES string of the molecule is CCNC(c1cc(Cl)c(Br)s1)c1cc2c(s1)CCC2. The van der Waals surface area contributed by atoms with Crippen molar-refractivity contribution in [1.29, 1.82) is 0 Å². The number of hydrogen-bond acceptors (Lipinski definition) is 3. The average Bonchev–Trinajstić information content (AvgIpc) is 3.02. The first-order chi connectivity index (χ1) is 9.19. The van der Waals surface area contributed by atoms with Gasteiger partial charge in [-0.2, -0.15) is 0 Å². The Hall–Kier alpha value is 0.130. The predicted octanol–water partition coefficient (Wildman–Crippen LogP) is 5.41. The fourth-order valence-corrected chi connectivity index (χ4v) is 5.81. The van der Waals surface area contributed by atoms with Crippen LogP contribution in [0.5, 0.6) is 0 Å². The highest BCUT2D eigenvalue weighted by Gasteiger charge is 2.22. The summed E-state index contributed by atoms with van der Waals surface area (Å²) in [5.41, 5.74) is 1.56. The molecule has 1 N–H and O–H groups in total. The minimum absolute atomic E-state index is 0.286. The molecule has 2 aromatic rings. The zero-order valence-electron chi connectivity index (χ0n) is 10.6. The molecule has 0 fully saturated rings. The molecule has 1 unspecified atom stereocenters. The number of fused-ring (bicyclic) bond motifs is 1. The van der Waals surface area contributed by atoms with Gasteiger partial charge >= 0.3 is 0 Å². The molecule has 0 spiro atoms. The van der Waals surface area contributed by atoms with Gasteiger partial charge in [-0.25, -0.2) is 0 Å². The van der Waals surface area contributed by atoms with Crippen molar-refractivity contribution >= 4 is 50.2 Å². The van der Waals surface area contributed by atoms with Crippen LogP contribution in [-0.4, -0.2) is 6.54 Å². The fourth-order valence-electron chi connectivity index (χ4n) is 2.55. The van der Waals surface area contributed by atoms with Crippen molar-refractivity contribution in [2.75, 3.05) is 6.54 Å². The molecule has 0 bridgehead atoms. The summed E-state index contributed by atoms with van der Waals surface area (Å²) in [5.74, 6) is 0. The van der Waals surface area contributed by atoms with Gasteiger partial charge in [0.25, 0.3) is 0 Å². The zero-order valence-corrected chi connectivity index (χ0v) is 14.6. The quantitative estimate of drug-likeness (QED) is 0.752. The maximum atomic E-state index is 6.18. The molecular weight excluding hydrogens is 362 g/mol. The van der Waals surface area contributed by atoms with E-state index in [2.05, 4.69) is 40.3 Å². The number of halogens is 2. The molecule has 1 aliphatic carbocycles. The third kappa shape index (κ3) is 2.79. The molecule has 0 saturated heterocycles. The fraction of sp³-hybridized carbons (Fsp3) is 0.429. The molecule has 19 heavy (non-hydrogen) atoms. The summed E-state index contributed by atoms with van der Waals surface area (Å²) in [6.07, 6.45) is 3.83. The Bertz CT molecular complexity index is 549. The summed E-state index contributed by atoms with van der Waals surface area (Å²) in [5, 5.41) is 4.40. The Morgan fingerprint density at radius 1 is 1.32 bits per heavy atom. The van der Waals surface area contributed by atoms with Crippen molar-refractivity contribution in [3.05, 3.63) is 41.1 Å². The van der Waals surface area contributed by atoms with Gasteiger partial charge in [-0.15, -0.1) is 22.7 Å². The summed E-state index contributed by atoms with van der Waals surface area (Å²) < 4.78 is 1.02. The molecule has 1 aliphatic rings. The first-order valence-corrected chi connectivity index (χ1v) is 9.29. The lowest BCUT2D eigenvalue weighted by molar-refractivity contribution is 0.648. The number of thiophene rings is 2. The van der Waals surface area contributed by atoms with Crippen LogP contribution in [0.3, 0.4) is 0 Å². The maximum absolute atomic E-state index is 6.18. The molecule has 102 valence electrons. The molecule has 3 rings (SSSR count). The second kappa shape index (κ2) is 5.86. The standard InChI is InChI=1S/C14H15BrClNS2/c1-2-17-13(12-7-9(16)14(15)19-12)11-6-8-4-3-5-10(8)18-11/h6-7,13,17H,2-5H2,1H3. The second-order valence-corrected chi connectivity index (χ2v) is 8.69. The van der Waals surface area contributed by atoms with Gasteiger partial charge in [0.2, 0.25) is 0 Å². The van der Waals surface area contributed by atoms with E-state index in [4.69, 9.17) is 11.6 Å². The third-order valence-corrected chi connectivity index (χ3v) is 7.25. The lowest BCUT2D eigenvalue weighted by atomic mass is 10.1. The van der Waals surface area contributed by atoms with Crippen LogP contribution < -0.4 is 5.32 Å². The van der Waals surface area contributed by atoms with Gasteiger partial charge in [-0.3, -0.25) is 0 Å². The lowest BCUT2D eigenvalue weighted by Crippen LogP contribution is -2.20. The van der Waals surface area contributed by atoms with Gasteiger partial charge in [0.15, 0.2) is 0 Å². The monoisotopic (exact) mass is 375 g/mol. The van der Waals surface area contributed by atoms with Crippen LogP contribution in [0, 0.1) is 0 Å². The molecule has 0 aliphatic heterocycles. The third-order valence-electron chi connectivity index (χ3n) is 3.41. The highest BCUT2D eigenvalue weighted by atomic mass is 79.9. The van der Waals surface area contributed by atoms with Crippen LogP contribution in [0.1, 0.15) is 39.6 Å². The van der Waals surface area contributed by atoms with Crippen molar-refractivity contribution in [1.82, 2.24) is 5.32 Å². The van der Waals surface area contributed by atoms with E-state index in [1.165, 1.54) is 29.0 Å². The van der Waals surface area contributed by atoms with E-state index in [9.17, 15) is 0 Å². The smallest absolute Gasteiger partial charge is 0.0888 e. The summed E-state index contributed by atoms with van der Waals surface area (Å²) in [4.78, 5) is 4.30. The molecule has 0 aromatic carbocycles. The van der Waals surface area contributed by atoms with Crippen LogP contribution in [0.2, 0.25) is 5.02 Å². The van der Waals surface area contributed by atoms with Gasteiger partial charge in [0.1, 0.15) is 0 Å². The van der Waals surface area contributed by atoms with E-state index >= 15 is 0 Å². The van der Waals surface area contributed by atoms with Gasteiger partial charge in [0.05, 0.1) is 14.9 Å². The Kier molecular flexibility index (Phi) is 4.34. The van der Waals surface area contributed by atoms with Gasteiger partial charge in [-0.1, -0.05) is 18.5 Å². The Labute approximate surface area is 135 Å². The minimum atomic E-state index is 0.286. The second-order valence-electron chi connectivity index (χ2n) is 4.71. The van der Waals surface area contributed by atoms with Crippen molar-refractivity contribution in [2.45, 2.75) is 32.2 Å². The van der Waals surface area contributed by atoms with Gasteiger partial charge in [-0.05, 0) is 59.4 Å². The summed E-state index contributed by atoms with van der Waals surface area (Å²) in [6, 6.07) is 4.76. The summed E-state index contributed by atoms with van der Waals surface area (Å²) in [7, 11) is 0. The molecule has 0 radical (unpaired) electrons. The molecule has 0 amide bonds. The molecular formula is C14H15BrClNS2. The first-order valence-electron chi connectivity index (χ1n) is 6.48. The summed E-state index contributed by atoms with van der Waals surface area (Å²) >= 11 is 13.4. The molecule has 2 aromatic heterocycles. The summed E-state index contributed by atoms with van der Waals surface area (Å²) in [6.45, 7) is 3.11. The average molecular weight is 377 g/mol. The van der Waals surface area contributed by atoms with Crippen LogP contribution in [0.15, 0.2) is 15.9 Å². The van der Waals surface area contributed by atoms with E-state index in [0.717, 1.165) is 15.4 Å². The molecule has 0 saturated carbocycles. The van der Waals surface area contributed by atoms with Crippen molar-refractivity contribution < 1.29 is 0 Å². The van der Waals surface area contributed by atoms with E-state index in [-0.39, 0.29) is 6.04 Å². The normalized spacial score (nSPS) is 15.7. The molecule has 1 nitrogen and oxygen atoms in total. The number of hydrogen-bond donors (Lipinski definition) is 1. The van der Waals surface area contributed by atoms with Crippen LogP contribution in [0.25, 0.3) is 0 Å². The van der Waals surface area contributed by atoms with Crippen LogP contribution >= 0.6 is 50.2 Å². The zero-order chi connectivity index (χ0) is 13.4. The van der Waals surface area contributed by atoms with E-state index in [1.807, 2.05) is 11.3 Å². The number of rotatable bonds is 4. The van der Waals surface area contributed by atoms with E-state index in [0.29, 0.717) is 0 Å². The highest BCUT2D eigenvalue weighted by Crippen LogP contribution is 2.41. The minimum Gasteiger partial charge on any atom is -0.305 e. The molecule has 5 heteroatoms. The Morgan fingerprint density at radius 3 is 2.74 bits per heavy atom. The number of aryl methyl sites for hydroxylation is 2. The Morgan fingerprint density at radius 2 is 2.11 bits per heavy atom. The maximum Gasteiger partial charge on any atom is 0.0888 e. The molecule has 2 heterocycles. The largest absolute Gasteiger partial charge is 0.305 e. The van der Waals surface area contributed by atoms with Crippen molar-refractivity contribution in [3.63, 3.8) is 0 Å². The number of nitrogens with one attached hydrogen (secondary N) is 1. The topological polar surface area (TPSA) is 12.0 Å². The van der Waals surface area contributed by atoms with Crippen LogP contribution in [0.4, 0.5) is 0 Å².